The summed E-state index contributed by atoms with van der Waals surface area (Å²) >= 11 is 0. The third-order valence-corrected chi connectivity index (χ3v) is 5.47. The third kappa shape index (κ3) is 3.16. The zero-order valence-corrected chi connectivity index (χ0v) is 14.3. The molecular formula is C18H26FNO4. The summed E-state index contributed by atoms with van der Waals surface area (Å²) in [6.07, 6.45) is 0.762. The van der Waals surface area contributed by atoms with Crippen LogP contribution in [0.3, 0.4) is 0 Å². The molecule has 134 valence electrons. The number of rotatable bonds is 3. The number of methoxy groups -OCH3 is 1. The Morgan fingerprint density at radius 3 is 2.71 bits per heavy atom. The van der Waals surface area contributed by atoms with E-state index < -0.39 is 17.3 Å². The van der Waals surface area contributed by atoms with E-state index in [1.165, 1.54) is 13.2 Å². The number of aliphatic hydroxyl groups is 2. The van der Waals surface area contributed by atoms with E-state index in [2.05, 4.69) is 4.90 Å². The van der Waals surface area contributed by atoms with E-state index in [4.69, 9.17) is 9.47 Å². The second-order valence-corrected chi connectivity index (χ2v) is 7.12. The number of piperidine rings is 1. The molecule has 2 fully saturated rings. The minimum atomic E-state index is -1.12. The molecule has 0 unspecified atom stereocenters. The van der Waals surface area contributed by atoms with Crippen molar-refractivity contribution in [3.63, 3.8) is 0 Å². The Bertz CT molecular complexity index is 584. The minimum Gasteiger partial charge on any atom is -0.496 e. The van der Waals surface area contributed by atoms with Gasteiger partial charge < -0.3 is 19.7 Å². The molecule has 0 aliphatic carbocycles. The van der Waals surface area contributed by atoms with Gasteiger partial charge in [0.25, 0.3) is 0 Å². The fraction of sp³-hybridized carbons (Fsp3) is 0.667. The molecule has 6 heteroatoms. The van der Waals surface area contributed by atoms with Gasteiger partial charge in [0.2, 0.25) is 0 Å². The second-order valence-electron chi connectivity index (χ2n) is 7.12. The van der Waals surface area contributed by atoms with Gasteiger partial charge in [-0.2, -0.15) is 0 Å². The molecule has 2 heterocycles. The van der Waals surface area contributed by atoms with Gasteiger partial charge in [0.05, 0.1) is 24.9 Å². The monoisotopic (exact) mass is 339 g/mol. The molecule has 2 saturated heterocycles. The average Bonchev–Trinajstić information content (AvgIpc) is 2.56. The predicted octanol–water partition coefficient (Wildman–Crippen LogP) is 1.70. The Morgan fingerprint density at radius 2 is 2.04 bits per heavy atom. The number of benzene rings is 1. The summed E-state index contributed by atoms with van der Waals surface area (Å²) in [5.41, 5.74) is -1.26. The number of hydrogen-bond acceptors (Lipinski definition) is 5. The van der Waals surface area contributed by atoms with Crippen LogP contribution in [-0.4, -0.2) is 59.2 Å². The van der Waals surface area contributed by atoms with Crippen molar-refractivity contribution in [3.05, 3.63) is 29.6 Å². The summed E-state index contributed by atoms with van der Waals surface area (Å²) in [6.45, 7) is 3.91. The summed E-state index contributed by atoms with van der Waals surface area (Å²) in [4.78, 5) is 2.13. The molecule has 3 rings (SSSR count). The van der Waals surface area contributed by atoms with Gasteiger partial charge in [0, 0.05) is 31.6 Å². The normalized spacial score (nSPS) is 30.5. The zero-order valence-electron chi connectivity index (χ0n) is 14.3. The van der Waals surface area contributed by atoms with Crippen LogP contribution in [0.15, 0.2) is 18.2 Å². The van der Waals surface area contributed by atoms with Crippen LogP contribution in [0.2, 0.25) is 0 Å². The van der Waals surface area contributed by atoms with Crippen LogP contribution in [0.5, 0.6) is 5.75 Å². The van der Waals surface area contributed by atoms with Crippen molar-refractivity contribution in [1.82, 2.24) is 4.90 Å². The van der Waals surface area contributed by atoms with Gasteiger partial charge in [0.15, 0.2) is 0 Å². The summed E-state index contributed by atoms with van der Waals surface area (Å²) in [7, 11) is 1.54. The maximum atomic E-state index is 14.1. The van der Waals surface area contributed by atoms with Crippen molar-refractivity contribution >= 4 is 0 Å². The molecule has 2 aliphatic heterocycles. The zero-order chi connectivity index (χ0) is 17.4. The quantitative estimate of drug-likeness (QED) is 0.878. The highest BCUT2D eigenvalue weighted by Crippen LogP contribution is 2.40. The molecule has 2 N–H and O–H groups in total. The number of nitrogens with zero attached hydrogens (tertiary/aromatic N) is 1. The molecule has 2 aliphatic rings. The maximum Gasteiger partial charge on any atom is 0.131 e. The molecule has 5 nitrogen and oxygen atoms in total. The molecule has 0 amide bonds. The molecule has 1 aromatic carbocycles. The molecule has 1 aromatic rings. The first-order valence-corrected chi connectivity index (χ1v) is 8.46. The van der Waals surface area contributed by atoms with Crippen LogP contribution in [-0.2, 0) is 11.3 Å². The fourth-order valence-electron chi connectivity index (χ4n) is 3.86. The minimum absolute atomic E-state index is 0.272. The maximum absolute atomic E-state index is 14.1. The van der Waals surface area contributed by atoms with E-state index in [-0.39, 0.29) is 5.82 Å². The van der Waals surface area contributed by atoms with Crippen molar-refractivity contribution in [2.24, 2.45) is 0 Å². The average molecular weight is 339 g/mol. The van der Waals surface area contributed by atoms with Crippen molar-refractivity contribution in [1.29, 1.82) is 0 Å². The highest BCUT2D eigenvalue weighted by Gasteiger charge is 2.52. The van der Waals surface area contributed by atoms with Crippen molar-refractivity contribution in [3.8, 4) is 5.75 Å². The molecule has 2 atom stereocenters. The van der Waals surface area contributed by atoms with Crippen molar-refractivity contribution in [2.75, 3.05) is 26.8 Å². The van der Waals surface area contributed by atoms with E-state index in [0.29, 0.717) is 56.8 Å². The van der Waals surface area contributed by atoms with E-state index in [0.717, 1.165) is 0 Å². The molecule has 0 aromatic heterocycles. The van der Waals surface area contributed by atoms with Crippen molar-refractivity contribution < 1.29 is 24.1 Å². The highest BCUT2D eigenvalue weighted by molar-refractivity contribution is 5.34. The Labute approximate surface area is 142 Å². The molecular weight excluding hydrogens is 313 g/mol. The van der Waals surface area contributed by atoms with Crippen molar-refractivity contribution in [2.45, 2.75) is 50.0 Å². The second kappa shape index (κ2) is 6.59. The van der Waals surface area contributed by atoms with Crippen LogP contribution in [0.25, 0.3) is 0 Å². The summed E-state index contributed by atoms with van der Waals surface area (Å²) in [5.74, 6) is 0.277. The first-order chi connectivity index (χ1) is 11.4. The third-order valence-electron chi connectivity index (χ3n) is 5.47. The standard InChI is InChI=1S/C18H26FNO4/c1-17(22)8-11-24-18(16(17)21)6-9-20(10-7-18)12-13-14(19)4-3-5-15(13)23-2/h3-5,16,21-22H,6-12H2,1-2H3/t16-,17+/m0/s1. The predicted molar refractivity (Wildman–Crippen MR) is 87.4 cm³/mol. The molecule has 1 spiro atoms. The van der Waals surface area contributed by atoms with E-state index >= 15 is 0 Å². The van der Waals surface area contributed by atoms with E-state index in [1.54, 1.807) is 19.1 Å². The van der Waals surface area contributed by atoms with Gasteiger partial charge in [-0.15, -0.1) is 0 Å². The molecule has 0 saturated carbocycles. The Balaban J connectivity index is 1.68. The number of likely N-dealkylation sites (tertiary alicyclic amines) is 1. The first-order valence-electron chi connectivity index (χ1n) is 8.46. The van der Waals surface area contributed by atoms with Gasteiger partial charge >= 0.3 is 0 Å². The van der Waals surface area contributed by atoms with Crippen LogP contribution < -0.4 is 4.74 Å². The Hall–Kier alpha value is -1.21. The largest absolute Gasteiger partial charge is 0.496 e. The van der Waals surface area contributed by atoms with Crippen LogP contribution in [0.4, 0.5) is 4.39 Å². The highest BCUT2D eigenvalue weighted by atomic mass is 19.1. The SMILES string of the molecule is COc1cccc(F)c1CN1CCC2(CC1)OCC[C@@](C)(O)[C@@H]2O. The van der Waals surface area contributed by atoms with Gasteiger partial charge in [0.1, 0.15) is 17.7 Å². The van der Waals surface area contributed by atoms with Crippen LogP contribution >= 0.6 is 0 Å². The molecule has 0 bridgehead atoms. The number of ether oxygens (including phenoxy) is 2. The summed E-state index contributed by atoms with van der Waals surface area (Å²) in [6, 6.07) is 4.83. The number of aliphatic hydroxyl groups excluding tert-OH is 1. The van der Waals surface area contributed by atoms with E-state index in [1.807, 2.05) is 0 Å². The van der Waals surface area contributed by atoms with Gasteiger partial charge in [-0.3, -0.25) is 4.90 Å². The van der Waals surface area contributed by atoms with E-state index in [9.17, 15) is 14.6 Å². The topological polar surface area (TPSA) is 62.2 Å². The molecule has 24 heavy (non-hydrogen) atoms. The lowest BCUT2D eigenvalue weighted by Crippen LogP contribution is -2.64. The van der Waals surface area contributed by atoms with Gasteiger partial charge in [-0.05, 0) is 31.9 Å². The van der Waals surface area contributed by atoms with Gasteiger partial charge in [-0.1, -0.05) is 6.07 Å². The lowest BCUT2D eigenvalue weighted by atomic mass is 9.75. The summed E-state index contributed by atoms with van der Waals surface area (Å²) < 4.78 is 25.2. The summed E-state index contributed by atoms with van der Waals surface area (Å²) in [5, 5.41) is 20.9. The lowest BCUT2D eigenvalue weighted by Gasteiger charge is -2.51. The Morgan fingerprint density at radius 1 is 1.33 bits per heavy atom. The first kappa shape index (κ1) is 17.6. The molecule has 0 radical (unpaired) electrons. The fourth-order valence-corrected chi connectivity index (χ4v) is 3.86. The number of halogens is 1. The van der Waals surface area contributed by atoms with Crippen LogP contribution in [0.1, 0.15) is 31.7 Å². The lowest BCUT2D eigenvalue weighted by molar-refractivity contribution is -0.246. The van der Waals surface area contributed by atoms with Gasteiger partial charge in [-0.25, -0.2) is 4.39 Å². The van der Waals surface area contributed by atoms with Crippen LogP contribution in [0, 0.1) is 5.82 Å². The Kier molecular flexibility index (Phi) is 4.84. The smallest absolute Gasteiger partial charge is 0.131 e. The number of hydrogen-bond donors (Lipinski definition) is 2.